The summed E-state index contributed by atoms with van der Waals surface area (Å²) >= 11 is 7.14. The van der Waals surface area contributed by atoms with Gasteiger partial charge in [0.1, 0.15) is 40.2 Å². The van der Waals surface area contributed by atoms with Crippen LogP contribution in [0.2, 0.25) is 0 Å². The van der Waals surface area contributed by atoms with Crippen molar-refractivity contribution in [3.8, 4) is 0 Å². The van der Waals surface area contributed by atoms with Crippen LogP contribution in [-0.4, -0.2) is 65.2 Å². The van der Waals surface area contributed by atoms with Crippen LogP contribution >= 0.6 is 39.1 Å². The van der Waals surface area contributed by atoms with Crippen LogP contribution in [-0.2, 0) is 20.4 Å². The van der Waals surface area contributed by atoms with Gasteiger partial charge in [-0.05, 0) is 126 Å². The molecule has 2 fully saturated rings. The minimum atomic E-state index is -1.82. The predicted octanol–water partition coefficient (Wildman–Crippen LogP) is 9.40. The van der Waals surface area contributed by atoms with Gasteiger partial charge >= 0.3 is 12.2 Å². The second kappa shape index (κ2) is 24.3. The van der Waals surface area contributed by atoms with Crippen molar-refractivity contribution in [2.24, 2.45) is 0 Å². The van der Waals surface area contributed by atoms with Crippen molar-refractivity contribution in [2.45, 2.75) is 84.6 Å². The Morgan fingerprint density at radius 1 is 0.571 bits per heavy atom. The minimum absolute atomic E-state index is 0. The molecule has 0 bridgehead atoms. The van der Waals surface area contributed by atoms with Gasteiger partial charge in [-0.3, -0.25) is 4.79 Å². The van der Waals surface area contributed by atoms with E-state index in [1.807, 2.05) is 53.7 Å². The number of carbonyl (C=O) groups excluding carboxylic acids is 3. The number of ketones is 1. The summed E-state index contributed by atoms with van der Waals surface area (Å²) in [4.78, 5) is 37.8. The molecule has 2 amide bonds. The summed E-state index contributed by atoms with van der Waals surface area (Å²) in [6.45, 7) is 13.6. The van der Waals surface area contributed by atoms with Crippen LogP contribution in [0.25, 0.3) is 6.08 Å². The highest BCUT2D eigenvalue weighted by molar-refractivity contribution is 9.10. The van der Waals surface area contributed by atoms with E-state index >= 15 is 0 Å². The van der Waals surface area contributed by atoms with E-state index in [1.54, 1.807) is 9.80 Å². The molecule has 5 aromatic rings. The average molecular weight is 1060 g/mol. The lowest BCUT2D eigenvalue weighted by atomic mass is 10.0. The lowest BCUT2D eigenvalue weighted by Crippen LogP contribution is -3.00. The molecular formula is C52H60Br3N2O5P. The van der Waals surface area contributed by atoms with E-state index < -0.39 is 18.5 Å². The number of hydrogen-bond donors (Lipinski definition) is 0. The summed E-state index contributed by atoms with van der Waals surface area (Å²) in [5, 5.41) is 4.26. The summed E-state index contributed by atoms with van der Waals surface area (Å²) < 4.78 is 12.8. The van der Waals surface area contributed by atoms with Gasteiger partial charge in [0.25, 0.3) is 0 Å². The van der Waals surface area contributed by atoms with Crippen LogP contribution in [0.4, 0.5) is 9.59 Å². The summed E-state index contributed by atoms with van der Waals surface area (Å²) in [6.07, 6.45) is 5.44. The molecule has 0 aliphatic carbocycles. The maximum absolute atomic E-state index is 12.0. The normalized spacial score (nSPS) is 14.2. The zero-order valence-electron chi connectivity index (χ0n) is 37.2. The maximum Gasteiger partial charge on any atom is 0.410 e. The van der Waals surface area contributed by atoms with Crippen molar-refractivity contribution in [3.05, 3.63) is 165 Å². The second-order valence-electron chi connectivity index (χ2n) is 17.4. The van der Waals surface area contributed by atoms with Crippen molar-refractivity contribution in [2.75, 3.05) is 26.2 Å². The number of halogens is 3. The molecule has 2 aliphatic heterocycles. The fourth-order valence-corrected chi connectivity index (χ4v) is 12.3. The third-order valence-electron chi connectivity index (χ3n) is 10.1. The number of rotatable bonds is 6. The molecule has 2 aliphatic rings. The molecule has 63 heavy (non-hydrogen) atoms. The molecule has 0 aromatic heterocycles. The van der Waals surface area contributed by atoms with E-state index in [0.717, 1.165) is 41.0 Å². The van der Waals surface area contributed by atoms with Gasteiger partial charge in [-0.1, -0.05) is 122 Å². The Kier molecular flexibility index (Phi) is 19.9. The Morgan fingerprint density at radius 3 is 1.37 bits per heavy atom. The molecule has 7 rings (SSSR count). The van der Waals surface area contributed by atoms with E-state index in [1.165, 1.54) is 32.6 Å². The fourth-order valence-electron chi connectivity index (χ4n) is 7.22. The number of likely N-dealkylation sites (tertiary alicyclic amines) is 2. The summed E-state index contributed by atoms with van der Waals surface area (Å²) in [6, 6.07) is 50.1. The smallest absolute Gasteiger partial charge is 0.410 e. The molecule has 11 heteroatoms. The third kappa shape index (κ3) is 16.5. The van der Waals surface area contributed by atoms with Gasteiger partial charge in [-0.25, -0.2) is 9.59 Å². The topological polar surface area (TPSA) is 76.2 Å². The van der Waals surface area contributed by atoms with E-state index in [-0.39, 0.29) is 35.0 Å². The van der Waals surface area contributed by atoms with Gasteiger partial charge in [-0.2, -0.15) is 0 Å². The zero-order valence-corrected chi connectivity index (χ0v) is 42.9. The van der Waals surface area contributed by atoms with Gasteiger partial charge in [0.15, 0.2) is 0 Å². The largest absolute Gasteiger partial charge is 1.00 e. The molecule has 0 saturated carbocycles. The Labute approximate surface area is 403 Å². The highest BCUT2D eigenvalue weighted by Crippen LogP contribution is 2.58. The average Bonchev–Trinajstić information content (AvgIpc) is 3.24. The first-order valence-electron chi connectivity index (χ1n) is 21.2. The zero-order chi connectivity index (χ0) is 44.8. The van der Waals surface area contributed by atoms with Crippen molar-refractivity contribution in [1.82, 2.24) is 9.80 Å². The molecule has 2 saturated heterocycles. The van der Waals surface area contributed by atoms with Gasteiger partial charge < -0.3 is 36.3 Å². The predicted molar refractivity (Wildman–Crippen MR) is 264 cm³/mol. The first kappa shape index (κ1) is 51.6. The monoisotopic (exact) mass is 1060 g/mol. The van der Waals surface area contributed by atoms with E-state index in [0.29, 0.717) is 25.9 Å². The van der Waals surface area contributed by atoms with Crippen LogP contribution in [0.15, 0.2) is 154 Å². The third-order valence-corrected chi connectivity index (χ3v) is 15.5. The van der Waals surface area contributed by atoms with Crippen molar-refractivity contribution < 1.29 is 40.8 Å². The number of benzene rings is 5. The van der Waals surface area contributed by atoms with E-state index in [4.69, 9.17) is 9.47 Å². The summed E-state index contributed by atoms with van der Waals surface area (Å²) in [5.74, 6) is 0.227. The molecule has 0 unspecified atom stereocenters. The summed E-state index contributed by atoms with van der Waals surface area (Å²) in [7, 11) is -1.82. The highest BCUT2D eigenvalue weighted by atomic mass is 79.9. The van der Waals surface area contributed by atoms with Gasteiger partial charge in [0, 0.05) is 48.0 Å². The SMILES string of the molecule is Brc1cccc(C[P+](c2ccccc2)(c2ccccc2)c2ccccc2)c1.CC(C)(C)OC(=O)N1CCC(=Cc2cccc(Br)c2)CC1.CC(C)(C)OC(=O)N1CCC(=O)CC1.[Br-]. The van der Waals surface area contributed by atoms with Crippen LogP contribution in [0, 0.1) is 0 Å². The van der Waals surface area contributed by atoms with Gasteiger partial charge in [-0.15, -0.1) is 0 Å². The number of hydrogen-bond acceptors (Lipinski definition) is 5. The standard InChI is InChI=1S/C25H21BrP.C17H22BrNO2.C10H17NO3.BrH/c26-22-12-10-11-21(19-22)20-27(23-13-4-1-5-14-23,24-15-6-2-7-16-24)25-17-8-3-9-18-25;1-17(2,3)21-16(20)19-9-7-13(8-10-19)11-14-5-4-6-15(18)12-14;1-10(2,3)14-9(13)11-6-4-8(12)5-7-11;/h1-19H,20H2;4-6,11-12H,7-10H2,1-3H3;4-7H2,1-3H3;1H/q+1;;;/p-1. The number of Topliss-reactive ketones (excluding diaryl/α,β-unsaturated/α-hetero) is 1. The highest BCUT2D eigenvalue weighted by Gasteiger charge is 2.45. The number of nitrogens with zero attached hydrogens (tertiary/aromatic N) is 2. The van der Waals surface area contributed by atoms with Gasteiger partial charge in [0.05, 0.1) is 6.16 Å². The lowest BCUT2D eigenvalue weighted by Gasteiger charge is -2.31. The number of amides is 2. The van der Waals surface area contributed by atoms with Crippen LogP contribution in [0.3, 0.4) is 0 Å². The number of piperidine rings is 2. The second-order valence-corrected chi connectivity index (χ2v) is 22.8. The van der Waals surface area contributed by atoms with Gasteiger partial charge in [0.2, 0.25) is 0 Å². The maximum atomic E-state index is 12.0. The molecule has 5 aromatic carbocycles. The molecule has 0 N–H and O–H groups in total. The molecule has 2 heterocycles. The van der Waals surface area contributed by atoms with Crippen molar-refractivity contribution >= 4 is 79.1 Å². The fraction of sp³-hybridized carbons (Fsp3) is 0.327. The number of carbonyl (C=O) groups is 3. The quantitative estimate of drug-likeness (QED) is 0.159. The van der Waals surface area contributed by atoms with E-state index in [2.05, 4.69) is 165 Å². The molecule has 0 spiro atoms. The summed E-state index contributed by atoms with van der Waals surface area (Å²) in [5.41, 5.74) is 3.05. The Morgan fingerprint density at radius 2 is 0.968 bits per heavy atom. The van der Waals surface area contributed by atoms with Crippen LogP contribution in [0.1, 0.15) is 78.4 Å². The first-order valence-corrected chi connectivity index (χ1v) is 24.8. The van der Waals surface area contributed by atoms with Crippen molar-refractivity contribution in [1.29, 1.82) is 0 Å². The minimum Gasteiger partial charge on any atom is -1.00 e. The first-order chi connectivity index (χ1) is 29.5. The van der Waals surface area contributed by atoms with Crippen LogP contribution < -0.4 is 32.9 Å². The molecule has 7 nitrogen and oxygen atoms in total. The van der Waals surface area contributed by atoms with E-state index in [9.17, 15) is 14.4 Å². The molecular weight excluding hydrogens is 1000 g/mol. The lowest BCUT2D eigenvalue weighted by molar-refractivity contribution is -0.121. The Balaban J connectivity index is 0.000000217. The van der Waals surface area contributed by atoms with Crippen molar-refractivity contribution in [3.63, 3.8) is 0 Å². The molecule has 334 valence electrons. The Bertz CT molecular complexity index is 2140. The number of ether oxygens (including phenoxy) is 2. The molecule has 0 atom stereocenters. The molecule has 0 radical (unpaired) electrons. The van der Waals surface area contributed by atoms with Crippen LogP contribution in [0.5, 0.6) is 0 Å². The Hall–Kier alpha value is -4.08.